The van der Waals surface area contributed by atoms with Crippen LogP contribution in [0.15, 0.2) is 143 Å². The Bertz CT molecular complexity index is 1800. The van der Waals surface area contributed by atoms with Crippen molar-refractivity contribution >= 4 is 21.8 Å². The van der Waals surface area contributed by atoms with E-state index in [4.69, 9.17) is 9.47 Å². The molecule has 3 unspecified atom stereocenters. The van der Waals surface area contributed by atoms with E-state index < -0.39 is 16.3 Å². The van der Waals surface area contributed by atoms with Gasteiger partial charge in [0.25, 0.3) is 0 Å². The lowest BCUT2D eigenvalue weighted by molar-refractivity contribution is -0.245. The number of thioether (sulfide) groups is 1. The maximum Gasteiger partial charge on any atom is 0.240 e. The third-order valence-corrected chi connectivity index (χ3v) is 10.3. The standard InChI is InChI=1S/C37H35NO5S2/c39-25-27-17-19-29(20-18-27)36-23-33(26-44-34-13-3-1-4-14-34)42-37(43-36)32-12-8-11-31(22-32)30-10-7-9-28(21-30)24-38-45(40,41)35-15-5-2-6-16-35/h1-22,33,36-39H,23-26H2. The first-order chi connectivity index (χ1) is 22.0. The number of rotatable bonds is 11. The van der Waals surface area contributed by atoms with Crippen molar-refractivity contribution in [1.82, 2.24) is 4.72 Å². The first kappa shape index (κ1) is 31.2. The molecule has 1 saturated heterocycles. The van der Waals surface area contributed by atoms with E-state index in [1.54, 1.807) is 42.1 Å². The molecule has 45 heavy (non-hydrogen) atoms. The third kappa shape index (κ3) is 8.10. The lowest BCUT2D eigenvalue weighted by Gasteiger charge is -2.36. The molecule has 8 heteroatoms. The molecule has 0 bridgehead atoms. The van der Waals surface area contributed by atoms with E-state index in [1.807, 2.05) is 84.9 Å². The molecule has 230 valence electrons. The summed E-state index contributed by atoms with van der Waals surface area (Å²) in [7, 11) is -3.61. The Labute approximate surface area is 269 Å². The van der Waals surface area contributed by atoms with Gasteiger partial charge in [0, 0.05) is 29.2 Å². The van der Waals surface area contributed by atoms with Crippen molar-refractivity contribution in [2.45, 2.75) is 47.9 Å². The van der Waals surface area contributed by atoms with Gasteiger partial charge >= 0.3 is 0 Å². The van der Waals surface area contributed by atoms with Gasteiger partial charge in [-0.05, 0) is 64.2 Å². The summed E-state index contributed by atoms with van der Waals surface area (Å²) in [6.45, 7) is 0.178. The molecule has 0 aromatic heterocycles. The minimum Gasteiger partial charge on any atom is -0.392 e. The van der Waals surface area contributed by atoms with Crippen molar-refractivity contribution < 1.29 is 23.0 Å². The van der Waals surface area contributed by atoms with E-state index in [0.717, 1.165) is 45.6 Å². The van der Waals surface area contributed by atoms with Crippen LogP contribution >= 0.6 is 11.8 Å². The molecule has 0 radical (unpaired) electrons. The highest BCUT2D eigenvalue weighted by molar-refractivity contribution is 7.99. The summed E-state index contributed by atoms with van der Waals surface area (Å²) < 4.78 is 41.3. The highest BCUT2D eigenvalue weighted by atomic mass is 32.2. The fourth-order valence-corrected chi connectivity index (χ4v) is 7.30. The predicted molar refractivity (Wildman–Crippen MR) is 178 cm³/mol. The lowest BCUT2D eigenvalue weighted by atomic mass is 9.99. The molecule has 1 fully saturated rings. The minimum atomic E-state index is -3.61. The monoisotopic (exact) mass is 637 g/mol. The molecule has 0 saturated carbocycles. The first-order valence-corrected chi connectivity index (χ1v) is 17.4. The lowest BCUT2D eigenvalue weighted by Crippen LogP contribution is -2.31. The number of ether oxygens (including phenoxy) is 2. The molecule has 6 rings (SSSR count). The number of sulfonamides is 1. The molecule has 5 aromatic carbocycles. The summed E-state index contributed by atoms with van der Waals surface area (Å²) in [5, 5.41) is 9.52. The van der Waals surface area contributed by atoms with Gasteiger partial charge in [0.1, 0.15) is 0 Å². The summed E-state index contributed by atoms with van der Waals surface area (Å²) in [4.78, 5) is 1.44. The number of aliphatic hydroxyl groups excluding tert-OH is 1. The van der Waals surface area contributed by atoms with Gasteiger partial charge in [-0.25, -0.2) is 13.1 Å². The van der Waals surface area contributed by atoms with E-state index in [9.17, 15) is 13.5 Å². The van der Waals surface area contributed by atoms with Gasteiger partial charge in [0.15, 0.2) is 6.29 Å². The van der Waals surface area contributed by atoms with E-state index in [0.29, 0.717) is 0 Å². The Hall–Kier alpha value is -3.76. The SMILES string of the molecule is O=S(=O)(NCc1cccc(-c2cccc(C3OC(CSc4ccccc4)CC(c4ccc(CO)cc4)O3)c2)c1)c1ccccc1. The van der Waals surface area contributed by atoms with Crippen LogP contribution in [0, 0.1) is 0 Å². The van der Waals surface area contributed by atoms with Gasteiger partial charge in [0.2, 0.25) is 10.0 Å². The van der Waals surface area contributed by atoms with Crippen LogP contribution in [0.4, 0.5) is 0 Å². The first-order valence-electron chi connectivity index (χ1n) is 14.9. The maximum absolute atomic E-state index is 12.7. The number of aliphatic hydroxyl groups is 1. The van der Waals surface area contributed by atoms with E-state index in [2.05, 4.69) is 22.9 Å². The average molecular weight is 638 g/mol. The van der Waals surface area contributed by atoms with Gasteiger partial charge in [-0.2, -0.15) is 0 Å². The van der Waals surface area contributed by atoms with Gasteiger partial charge in [-0.1, -0.05) is 97.1 Å². The molecule has 1 aliphatic rings. The van der Waals surface area contributed by atoms with Gasteiger partial charge in [-0.3, -0.25) is 0 Å². The molecule has 6 nitrogen and oxygen atoms in total. The number of hydrogen-bond acceptors (Lipinski definition) is 6. The Morgan fingerprint density at radius 1 is 0.711 bits per heavy atom. The summed E-state index contributed by atoms with van der Waals surface area (Å²) >= 11 is 1.77. The molecule has 5 aromatic rings. The van der Waals surface area contributed by atoms with Crippen molar-refractivity contribution in [3.8, 4) is 11.1 Å². The van der Waals surface area contributed by atoms with Crippen molar-refractivity contribution in [2.24, 2.45) is 0 Å². The topological polar surface area (TPSA) is 84.9 Å². The number of hydrogen-bond donors (Lipinski definition) is 2. The fraction of sp³-hybridized carbons (Fsp3) is 0.189. The zero-order valence-electron chi connectivity index (χ0n) is 24.7. The molecule has 3 atom stereocenters. The largest absolute Gasteiger partial charge is 0.392 e. The Morgan fingerprint density at radius 3 is 2.13 bits per heavy atom. The molecule has 0 amide bonds. The zero-order chi connectivity index (χ0) is 31.1. The summed E-state index contributed by atoms with van der Waals surface area (Å²) in [6, 6.07) is 42.6. The van der Waals surface area contributed by atoms with Gasteiger partial charge < -0.3 is 14.6 Å². The van der Waals surface area contributed by atoms with E-state index >= 15 is 0 Å². The zero-order valence-corrected chi connectivity index (χ0v) is 26.3. The van der Waals surface area contributed by atoms with Crippen LogP contribution in [-0.4, -0.2) is 25.4 Å². The van der Waals surface area contributed by atoms with Crippen LogP contribution in [0.3, 0.4) is 0 Å². The molecular weight excluding hydrogens is 603 g/mol. The molecule has 0 aliphatic carbocycles. The second kappa shape index (κ2) is 14.6. The molecule has 2 N–H and O–H groups in total. The van der Waals surface area contributed by atoms with Crippen molar-refractivity contribution in [3.63, 3.8) is 0 Å². The van der Waals surface area contributed by atoms with Crippen LogP contribution in [0.5, 0.6) is 0 Å². The highest BCUT2D eigenvalue weighted by Gasteiger charge is 2.32. The second-order valence-corrected chi connectivity index (χ2v) is 13.8. The normalized spacial score (nSPS) is 18.5. The number of benzene rings is 5. The average Bonchev–Trinajstić information content (AvgIpc) is 3.11. The second-order valence-electron chi connectivity index (χ2n) is 10.9. The molecule has 1 heterocycles. The molecular formula is C37H35NO5S2. The van der Waals surface area contributed by atoms with Crippen molar-refractivity contribution in [2.75, 3.05) is 5.75 Å². The Kier molecular flexibility index (Phi) is 10.1. The van der Waals surface area contributed by atoms with Crippen LogP contribution < -0.4 is 4.72 Å². The van der Waals surface area contributed by atoms with E-state index in [-0.39, 0.29) is 30.3 Å². The van der Waals surface area contributed by atoms with Crippen molar-refractivity contribution in [3.05, 3.63) is 156 Å². The summed E-state index contributed by atoms with van der Waals surface area (Å²) in [5.41, 5.74) is 5.63. The van der Waals surface area contributed by atoms with Crippen LogP contribution in [-0.2, 0) is 32.6 Å². The summed E-state index contributed by atoms with van der Waals surface area (Å²) in [6.07, 6.45) is -0.0536. The predicted octanol–water partition coefficient (Wildman–Crippen LogP) is 7.66. The maximum atomic E-state index is 12.7. The van der Waals surface area contributed by atoms with Crippen LogP contribution in [0.2, 0.25) is 0 Å². The number of nitrogens with one attached hydrogen (secondary N) is 1. The van der Waals surface area contributed by atoms with Crippen LogP contribution in [0.25, 0.3) is 11.1 Å². The third-order valence-electron chi connectivity index (χ3n) is 7.73. The van der Waals surface area contributed by atoms with Gasteiger partial charge in [-0.15, -0.1) is 11.8 Å². The minimum absolute atomic E-state index is 0.000768. The Morgan fingerprint density at radius 2 is 1.40 bits per heavy atom. The summed E-state index contributed by atoms with van der Waals surface area (Å²) in [5.74, 6) is 0.787. The van der Waals surface area contributed by atoms with Crippen LogP contribution in [0.1, 0.15) is 41.1 Å². The highest BCUT2D eigenvalue weighted by Crippen LogP contribution is 2.40. The molecule has 0 spiro atoms. The van der Waals surface area contributed by atoms with E-state index in [1.165, 1.54) is 4.90 Å². The smallest absolute Gasteiger partial charge is 0.240 e. The van der Waals surface area contributed by atoms with Gasteiger partial charge in [0.05, 0.1) is 23.7 Å². The van der Waals surface area contributed by atoms with Crippen molar-refractivity contribution in [1.29, 1.82) is 0 Å². The molecule has 1 aliphatic heterocycles. The quantitative estimate of drug-likeness (QED) is 0.145. The Balaban J connectivity index is 1.21. The fourth-order valence-electron chi connectivity index (χ4n) is 5.32.